The van der Waals surface area contributed by atoms with Crippen LogP contribution in [0.25, 0.3) is 22.3 Å². The molecule has 0 aliphatic rings. The molecule has 3 aromatic rings. The monoisotopic (exact) mass is 540 g/mol. The van der Waals surface area contributed by atoms with E-state index in [0.29, 0.717) is 0 Å². The first-order valence-electron chi connectivity index (χ1n) is 11.6. The van der Waals surface area contributed by atoms with Gasteiger partial charge in [0.1, 0.15) is 28.1 Å². The second kappa shape index (κ2) is 11.8. The third-order valence-corrected chi connectivity index (χ3v) is 5.06. The van der Waals surface area contributed by atoms with Gasteiger partial charge in [0.05, 0.1) is 0 Å². The first-order valence-corrected chi connectivity index (χ1v) is 11.6. The van der Waals surface area contributed by atoms with Crippen molar-refractivity contribution in [1.29, 1.82) is 0 Å². The minimum Gasteiger partial charge on any atom is -0.480 e. The van der Waals surface area contributed by atoms with Crippen LogP contribution in [0.5, 0.6) is 28.7 Å². The lowest BCUT2D eigenvalue weighted by atomic mass is 10.1. The van der Waals surface area contributed by atoms with E-state index in [9.17, 15) is 19.2 Å². The molecule has 0 unspecified atom stereocenters. The van der Waals surface area contributed by atoms with Gasteiger partial charge in [-0.25, -0.2) is 0 Å². The largest absolute Gasteiger partial charge is 0.480 e. The van der Waals surface area contributed by atoms with Crippen LogP contribution in [0.15, 0.2) is 52.2 Å². The molecule has 0 fully saturated rings. The fourth-order valence-electron chi connectivity index (χ4n) is 3.41. The molecule has 0 radical (unpaired) electrons. The molecule has 39 heavy (non-hydrogen) atoms. The van der Waals surface area contributed by atoms with Gasteiger partial charge in [0.15, 0.2) is 24.1 Å². The van der Waals surface area contributed by atoms with Gasteiger partial charge >= 0.3 is 17.9 Å². The Hall–Kier alpha value is -4.64. The van der Waals surface area contributed by atoms with Crippen molar-refractivity contribution in [3.8, 4) is 40.1 Å². The highest BCUT2D eigenvalue weighted by Crippen LogP contribution is 2.40. The van der Waals surface area contributed by atoms with E-state index < -0.39 is 34.7 Å². The van der Waals surface area contributed by atoms with Crippen LogP contribution < -0.4 is 29.1 Å². The molecule has 1 aromatic heterocycles. The molecular formula is C28H28O11. The molecule has 11 heteroatoms. The van der Waals surface area contributed by atoms with Crippen LogP contribution in [0.3, 0.4) is 0 Å². The normalized spacial score (nSPS) is 11.0. The minimum absolute atomic E-state index is 0.0178. The van der Waals surface area contributed by atoms with E-state index in [1.807, 2.05) is 0 Å². The summed E-state index contributed by atoms with van der Waals surface area (Å²) in [4.78, 5) is 49.2. The molecule has 2 aromatic carbocycles. The van der Waals surface area contributed by atoms with Gasteiger partial charge in [0, 0.05) is 45.6 Å². The molecule has 0 amide bonds. The molecule has 0 saturated heterocycles. The molecule has 206 valence electrons. The Morgan fingerprint density at radius 1 is 0.923 bits per heavy atom. The molecule has 0 N–H and O–H groups in total. The lowest BCUT2D eigenvalue weighted by Gasteiger charge is -2.24. The Morgan fingerprint density at radius 2 is 1.56 bits per heavy atom. The van der Waals surface area contributed by atoms with Crippen molar-refractivity contribution < 1.29 is 47.2 Å². The zero-order chi connectivity index (χ0) is 28.9. The number of rotatable bonds is 10. The van der Waals surface area contributed by atoms with Crippen molar-refractivity contribution in [2.75, 3.05) is 13.9 Å². The summed E-state index contributed by atoms with van der Waals surface area (Å²) < 4.78 is 38.2. The van der Waals surface area contributed by atoms with Gasteiger partial charge in [0.25, 0.3) is 0 Å². The number of esters is 3. The SMILES string of the molecule is C=CC(C)(C)Oc1ccc(-c2oc3cc(OCOC)cc(OC(C)=O)c3c(=O)c2OC(C)=O)cc1OC(C)=O. The molecular weight excluding hydrogens is 512 g/mol. The molecule has 0 aliphatic carbocycles. The van der Waals surface area contributed by atoms with Gasteiger partial charge in [-0.15, -0.1) is 0 Å². The zero-order valence-electron chi connectivity index (χ0n) is 22.4. The number of benzene rings is 2. The summed E-state index contributed by atoms with van der Waals surface area (Å²) >= 11 is 0. The first kappa shape index (κ1) is 28.9. The van der Waals surface area contributed by atoms with Crippen LogP contribution in [0.2, 0.25) is 0 Å². The number of ether oxygens (including phenoxy) is 6. The fraction of sp³-hybridized carbons (Fsp3) is 0.286. The van der Waals surface area contributed by atoms with E-state index in [0.717, 1.165) is 13.8 Å². The van der Waals surface area contributed by atoms with Crippen LogP contribution in [-0.4, -0.2) is 37.4 Å². The maximum atomic E-state index is 13.6. The second-order valence-electron chi connectivity index (χ2n) is 8.79. The smallest absolute Gasteiger partial charge is 0.308 e. The number of carbonyl (C=O) groups excluding carboxylic acids is 3. The predicted molar refractivity (Wildman–Crippen MR) is 139 cm³/mol. The fourth-order valence-corrected chi connectivity index (χ4v) is 3.41. The van der Waals surface area contributed by atoms with Crippen molar-refractivity contribution in [3.63, 3.8) is 0 Å². The van der Waals surface area contributed by atoms with E-state index in [1.165, 1.54) is 44.4 Å². The van der Waals surface area contributed by atoms with Gasteiger partial charge < -0.3 is 32.8 Å². The summed E-state index contributed by atoms with van der Waals surface area (Å²) in [5.74, 6) is -2.54. The average molecular weight is 541 g/mol. The molecule has 0 aliphatic heterocycles. The summed E-state index contributed by atoms with van der Waals surface area (Å²) in [6.07, 6.45) is 1.57. The van der Waals surface area contributed by atoms with Crippen molar-refractivity contribution >= 4 is 28.9 Å². The first-order chi connectivity index (χ1) is 18.3. The standard InChI is InChI=1S/C28H28O11/c1-8-28(5,6)39-20-10-9-18(11-21(20)35-15(2)29)26-27(37-17(4)31)25(32)24-22(36-16(3)30)12-19(34-14-33-7)13-23(24)38-26/h8-13H,1,14H2,2-7H3. The van der Waals surface area contributed by atoms with E-state index in [4.69, 9.17) is 32.8 Å². The van der Waals surface area contributed by atoms with Crippen LogP contribution in [-0.2, 0) is 19.1 Å². The van der Waals surface area contributed by atoms with E-state index in [-0.39, 0.29) is 52.1 Å². The third kappa shape index (κ3) is 7.02. The Labute approximate surface area is 223 Å². The molecule has 0 saturated carbocycles. The van der Waals surface area contributed by atoms with Crippen LogP contribution >= 0.6 is 0 Å². The molecule has 0 atom stereocenters. The summed E-state index contributed by atoms with van der Waals surface area (Å²) in [6.45, 7) is 10.6. The molecule has 3 rings (SSSR count). The second-order valence-corrected chi connectivity index (χ2v) is 8.79. The Balaban J connectivity index is 2.34. The maximum Gasteiger partial charge on any atom is 0.308 e. The van der Waals surface area contributed by atoms with Crippen LogP contribution in [0.4, 0.5) is 0 Å². The molecule has 0 spiro atoms. The highest BCUT2D eigenvalue weighted by molar-refractivity contribution is 5.91. The van der Waals surface area contributed by atoms with Gasteiger partial charge in [-0.3, -0.25) is 19.2 Å². The molecule has 1 heterocycles. The lowest BCUT2D eigenvalue weighted by Crippen LogP contribution is -2.25. The Morgan fingerprint density at radius 3 is 2.15 bits per heavy atom. The van der Waals surface area contributed by atoms with E-state index in [1.54, 1.807) is 19.9 Å². The quantitative estimate of drug-likeness (QED) is 0.155. The van der Waals surface area contributed by atoms with Gasteiger partial charge in [0.2, 0.25) is 11.2 Å². The number of hydrogen-bond donors (Lipinski definition) is 0. The number of hydrogen-bond acceptors (Lipinski definition) is 11. The van der Waals surface area contributed by atoms with Crippen molar-refractivity contribution in [3.05, 3.63) is 53.2 Å². The third-order valence-electron chi connectivity index (χ3n) is 5.06. The van der Waals surface area contributed by atoms with Crippen molar-refractivity contribution in [1.82, 2.24) is 0 Å². The Bertz CT molecular complexity index is 1500. The van der Waals surface area contributed by atoms with E-state index in [2.05, 4.69) is 6.58 Å². The Kier molecular flexibility index (Phi) is 8.77. The molecule has 11 nitrogen and oxygen atoms in total. The van der Waals surface area contributed by atoms with Crippen LogP contribution in [0, 0.1) is 0 Å². The van der Waals surface area contributed by atoms with E-state index >= 15 is 0 Å². The zero-order valence-corrected chi connectivity index (χ0v) is 22.4. The van der Waals surface area contributed by atoms with Crippen LogP contribution in [0.1, 0.15) is 34.6 Å². The summed E-state index contributed by atoms with van der Waals surface area (Å²) in [7, 11) is 1.42. The predicted octanol–water partition coefficient (Wildman–Crippen LogP) is 4.56. The average Bonchev–Trinajstić information content (AvgIpc) is 2.84. The number of fused-ring (bicyclic) bond motifs is 1. The topological polar surface area (TPSA) is 137 Å². The molecule has 0 bridgehead atoms. The summed E-state index contributed by atoms with van der Waals surface area (Å²) in [6, 6.07) is 7.12. The number of methoxy groups -OCH3 is 1. The highest BCUT2D eigenvalue weighted by Gasteiger charge is 2.26. The minimum atomic E-state index is -0.805. The van der Waals surface area contributed by atoms with Gasteiger partial charge in [-0.1, -0.05) is 6.58 Å². The number of carbonyl (C=O) groups is 3. The maximum absolute atomic E-state index is 13.6. The highest BCUT2D eigenvalue weighted by atomic mass is 16.7. The summed E-state index contributed by atoms with van der Waals surface area (Å²) in [5, 5.41) is -0.164. The van der Waals surface area contributed by atoms with Gasteiger partial charge in [-0.05, 0) is 38.1 Å². The van der Waals surface area contributed by atoms with Crippen molar-refractivity contribution in [2.24, 2.45) is 0 Å². The van der Waals surface area contributed by atoms with Gasteiger partial charge in [-0.2, -0.15) is 0 Å². The summed E-state index contributed by atoms with van der Waals surface area (Å²) in [5.41, 5.74) is -1.43. The lowest BCUT2D eigenvalue weighted by molar-refractivity contribution is -0.133. The van der Waals surface area contributed by atoms with Crippen molar-refractivity contribution in [2.45, 2.75) is 40.2 Å².